The molecular formula is C10H13F3N2O2. The van der Waals surface area contributed by atoms with Crippen molar-refractivity contribution in [2.24, 2.45) is 5.73 Å². The van der Waals surface area contributed by atoms with Crippen molar-refractivity contribution in [2.45, 2.75) is 24.8 Å². The van der Waals surface area contributed by atoms with Gasteiger partial charge in [0.25, 0.3) is 0 Å². The van der Waals surface area contributed by atoms with Crippen LogP contribution < -0.4 is 5.73 Å². The van der Waals surface area contributed by atoms with E-state index in [1.807, 2.05) is 0 Å². The fourth-order valence-corrected chi connectivity index (χ4v) is 1.30. The summed E-state index contributed by atoms with van der Waals surface area (Å²) in [7, 11) is 0. The van der Waals surface area contributed by atoms with E-state index in [9.17, 15) is 23.4 Å². The number of halogens is 3. The van der Waals surface area contributed by atoms with Gasteiger partial charge in [0, 0.05) is 11.8 Å². The van der Waals surface area contributed by atoms with Gasteiger partial charge < -0.3 is 15.9 Å². The first kappa shape index (κ1) is 13.9. The Bertz CT molecular complexity index is 354. The second-order valence-corrected chi connectivity index (χ2v) is 3.56. The van der Waals surface area contributed by atoms with Crippen LogP contribution in [-0.2, 0) is 6.18 Å². The number of nitrogens with zero attached hydrogens (tertiary/aromatic N) is 1. The van der Waals surface area contributed by atoms with Crippen LogP contribution >= 0.6 is 0 Å². The summed E-state index contributed by atoms with van der Waals surface area (Å²) in [5, 5.41) is 19.0. The Morgan fingerprint density at radius 3 is 2.35 bits per heavy atom. The van der Waals surface area contributed by atoms with Crippen LogP contribution in [0.5, 0.6) is 0 Å². The predicted octanol–water partition coefficient (Wildman–Crippen LogP) is 0.844. The first-order valence-corrected chi connectivity index (χ1v) is 4.95. The second-order valence-electron chi connectivity index (χ2n) is 3.56. The van der Waals surface area contributed by atoms with Gasteiger partial charge in [-0.05, 0) is 19.0 Å². The molecule has 2 atom stereocenters. The van der Waals surface area contributed by atoms with Crippen molar-refractivity contribution in [3.05, 3.63) is 29.6 Å². The Hall–Kier alpha value is -1.18. The summed E-state index contributed by atoms with van der Waals surface area (Å²) >= 11 is 0. The van der Waals surface area contributed by atoms with Crippen LogP contribution in [0.3, 0.4) is 0 Å². The maximum atomic E-state index is 12.2. The van der Waals surface area contributed by atoms with Gasteiger partial charge in [0.1, 0.15) is 11.8 Å². The lowest BCUT2D eigenvalue weighted by Gasteiger charge is -2.17. The van der Waals surface area contributed by atoms with Crippen molar-refractivity contribution in [2.75, 3.05) is 6.54 Å². The van der Waals surface area contributed by atoms with Crippen LogP contribution in [0.1, 0.15) is 23.8 Å². The van der Waals surface area contributed by atoms with Crippen molar-refractivity contribution in [1.82, 2.24) is 4.98 Å². The van der Waals surface area contributed by atoms with Crippen molar-refractivity contribution in [3.8, 4) is 0 Å². The highest BCUT2D eigenvalue weighted by molar-refractivity contribution is 5.18. The summed E-state index contributed by atoms with van der Waals surface area (Å²) in [5.41, 5.74) is 4.28. The van der Waals surface area contributed by atoms with E-state index in [1.165, 1.54) is 0 Å². The van der Waals surface area contributed by atoms with Crippen LogP contribution in [0.25, 0.3) is 0 Å². The summed E-state index contributed by atoms with van der Waals surface area (Å²) in [4.78, 5) is 3.19. The number of aromatic nitrogens is 1. The van der Waals surface area contributed by atoms with Gasteiger partial charge in [-0.25, -0.2) is 0 Å². The highest BCUT2D eigenvalue weighted by Gasteiger charge is 2.32. The lowest BCUT2D eigenvalue weighted by Crippen LogP contribution is -2.22. The maximum Gasteiger partial charge on any atom is 0.433 e. The molecule has 1 heterocycles. The fourth-order valence-electron chi connectivity index (χ4n) is 1.30. The largest absolute Gasteiger partial charge is 0.433 e. The molecule has 2 unspecified atom stereocenters. The Morgan fingerprint density at radius 1 is 1.29 bits per heavy atom. The molecule has 0 bridgehead atoms. The highest BCUT2D eigenvalue weighted by Crippen LogP contribution is 2.28. The molecule has 17 heavy (non-hydrogen) atoms. The molecule has 4 nitrogen and oxygen atoms in total. The number of nitrogens with two attached hydrogens (primary N) is 1. The summed E-state index contributed by atoms with van der Waals surface area (Å²) in [6.07, 6.45) is -5.86. The van der Waals surface area contributed by atoms with E-state index in [2.05, 4.69) is 4.98 Å². The Morgan fingerprint density at radius 2 is 1.94 bits per heavy atom. The van der Waals surface area contributed by atoms with E-state index in [0.29, 0.717) is 0 Å². The molecule has 0 aliphatic carbocycles. The number of aliphatic hydroxyl groups excluding tert-OH is 2. The van der Waals surface area contributed by atoms with E-state index in [4.69, 9.17) is 5.73 Å². The molecule has 1 aromatic rings. The third-order valence-electron chi connectivity index (χ3n) is 2.25. The van der Waals surface area contributed by atoms with Crippen LogP contribution in [0.15, 0.2) is 18.3 Å². The molecule has 0 fully saturated rings. The number of rotatable bonds is 4. The van der Waals surface area contributed by atoms with Crippen molar-refractivity contribution in [1.29, 1.82) is 0 Å². The molecule has 0 radical (unpaired) electrons. The zero-order valence-corrected chi connectivity index (χ0v) is 8.85. The Kier molecular flexibility index (Phi) is 4.44. The van der Waals surface area contributed by atoms with E-state index in [1.54, 1.807) is 0 Å². The predicted molar refractivity (Wildman–Crippen MR) is 53.9 cm³/mol. The summed E-state index contributed by atoms with van der Waals surface area (Å²) in [6.45, 7) is 0.173. The third kappa shape index (κ3) is 3.65. The molecule has 0 aromatic carbocycles. The quantitative estimate of drug-likeness (QED) is 0.740. The number of aliphatic hydroxyl groups is 2. The molecular weight excluding hydrogens is 237 g/mol. The van der Waals surface area contributed by atoms with E-state index in [0.717, 1.165) is 18.3 Å². The van der Waals surface area contributed by atoms with Gasteiger partial charge in [0.05, 0.1) is 6.10 Å². The molecule has 0 saturated heterocycles. The zero-order chi connectivity index (χ0) is 13.1. The number of hydrogen-bond donors (Lipinski definition) is 3. The molecule has 0 saturated carbocycles. The van der Waals surface area contributed by atoms with E-state index < -0.39 is 24.1 Å². The molecule has 4 N–H and O–H groups in total. The summed E-state index contributed by atoms with van der Waals surface area (Å²) in [5.74, 6) is 0. The monoisotopic (exact) mass is 250 g/mol. The van der Waals surface area contributed by atoms with Crippen molar-refractivity contribution < 1.29 is 23.4 Å². The molecule has 0 spiro atoms. The molecule has 1 aromatic heterocycles. The topological polar surface area (TPSA) is 79.4 Å². The number of hydrogen-bond acceptors (Lipinski definition) is 4. The minimum Gasteiger partial charge on any atom is -0.390 e. The molecule has 1 rings (SSSR count). The van der Waals surface area contributed by atoms with Crippen molar-refractivity contribution in [3.63, 3.8) is 0 Å². The normalized spacial score (nSPS) is 15.6. The first-order chi connectivity index (χ1) is 7.86. The molecule has 0 aliphatic heterocycles. The number of pyridine rings is 1. The molecule has 0 aliphatic rings. The number of alkyl halides is 3. The lowest BCUT2D eigenvalue weighted by molar-refractivity contribution is -0.141. The van der Waals surface area contributed by atoms with Gasteiger partial charge in [-0.3, -0.25) is 4.98 Å². The molecule has 7 heteroatoms. The Balaban J connectivity index is 2.80. The highest BCUT2D eigenvalue weighted by atomic mass is 19.4. The zero-order valence-electron chi connectivity index (χ0n) is 8.85. The van der Waals surface area contributed by atoms with Crippen LogP contribution in [-0.4, -0.2) is 27.8 Å². The summed E-state index contributed by atoms with van der Waals surface area (Å²) in [6, 6.07) is 1.84. The smallest absolute Gasteiger partial charge is 0.390 e. The van der Waals surface area contributed by atoms with Gasteiger partial charge in [-0.15, -0.1) is 0 Å². The van der Waals surface area contributed by atoms with E-state index in [-0.39, 0.29) is 18.5 Å². The lowest BCUT2D eigenvalue weighted by atomic mass is 10.0. The SMILES string of the molecule is NCCC(O)C(O)c1ccc(C(F)(F)F)nc1. The van der Waals surface area contributed by atoms with Crippen LogP contribution in [0.2, 0.25) is 0 Å². The van der Waals surface area contributed by atoms with Gasteiger partial charge in [0.2, 0.25) is 0 Å². The van der Waals surface area contributed by atoms with Crippen LogP contribution in [0, 0.1) is 0 Å². The van der Waals surface area contributed by atoms with Crippen molar-refractivity contribution >= 4 is 0 Å². The average molecular weight is 250 g/mol. The van der Waals surface area contributed by atoms with Gasteiger partial charge in [-0.2, -0.15) is 13.2 Å². The standard InChI is InChI=1S/C10H13F3N2O2/c11-10(12,13)8-2-1-6(5-15-8)9(17)7(16)3-4-14/h1-2,5,7,9,16-17H,3-4,14H2. The fraction of sp³-hybridized carbons (Fsp3) is 0.500. The maximum absolute atomic E-state index is 12.2. The Labute approximate surface area is 95.9 Å². The van der Waals surface area contributed by atoms with Crippen LogP contribution in [0.4, 0.5) is 13.2 Å². The van der Waals surface area contributed by atoms with E-state index >= 15 is 0 Å². The first-order valence-electron chi connectivity index (χ1n) is 4.95. The summed E-state index contributed by atoms with van der Waals surface area (Å²) < 4.78 is 36.6. The third-order valence-corrected chi connectivity index (χ3v) is 2.25. The average Bonchev–Trinajstić information content (AvgIpc) is 2.27. The van der Waals surface area contributed by atoms with Gasteiger partial charge >= 0.3 is 6.18 Å². The molecule has 0 amide bonds. The van der Waals surface area contributed by atoms with Gasteiger partial charge in [0.15, 0.2) is 0 Å². The minimum absolute atomic E-state index is 0.124. The van der Waals surface area contributed by atoms with Gasteiger partial charge in [-0.1, -0.05) is 6.07 Å². The molecule has 96 valence electrons. The second kappa shape index (κ2) is 5.44. The minimum atomic E-state index is -4.51.